The molecule has 6 nitrogen and oxygen atoms in total. The molecule has 2 aromatic rings. The van der Waals surface area contributed by atoms with Gasteiger partial charge in [-0.25, -0.2) is 4.39 Å². The van der Waals surface area contributed by atoms with Crippen molar-refractivity contribution < 1.29 is 28.2 Å². The standard InChI is InChI=1S/C20H21ClFNO5/c1-12(20(25)23-16-7-6-14(22)11-15(16)21)28-19(24)9-5-13-4-8-17(26-2)18(10-13)27-3/h4,6-8,10-12H,5,9H2,1-3H3,(H,23,25)/t12-/m0/s1. The Morgan fingerprint density at radius 3 is 2.46 bits per heavy atom. The van der Waals surface area contributed by atoms with Gasteiger partial charge in [-0.2, -0.15) is 0 Å². The summed E-state index contributed by atoms with van der Waals surface area (Å²) in [6.45, 7) is 1.45. The quantitative estimate of drug-likeness (QED) is 0.667. The van der Waals surface area contributed by atoms with Crippen LogP contribution >= 0.6 is 11.6 Å². The first-order valence-corrected chi connectivity index (χ1v) is 8.88. The number of amides is 1. The maximum atomic E-state index is 13.0. The Bertz CT molecular complexity index is 858. The van der Waals surface area contributed by atoms with Crippen LogP contribution in [0.2, 0.25) is 5.02 Å². The molecule has 0 saturated carbocycles. The summed E-state index contributed by atoms with van der Waals surface area (Å²) in [5, 5.41) is 2.55. The summed E-state index contributed by atoms with van der Waals surface area (Å²) in [5.41, 5.74) is 1.10. The lowest BCUT2D eigenvalue weighted by Gasteiger charge is -2.14. The molecule has 150 valence electrons. The van der Waals surface area contributed by atoms with Crippen LogP contribution in [0.3, 0.4) is 0 Å². The first-order valence-electron chi connectivity index (χ1n) is 8.50. The monoisotopic (exact) mass is 409 g/mol. The molecule has 0 unspecified atom stereocenters. The highest BCUT2D eigenvalue weighted by Crippen LogP contribution is 2.28. The van der Waals surface area contributed by atoms with E-state index in [4.69, 9.17) is 25.8 Å². The number of aryl methyl sites for hydroxylation is 1. The van der Waals surface area contributed by atoms with Gasteiger partial charge in [-0.1, -0.05) is 17.7 Å². The van der Waals surface area contributed by atoms with Crippen molar-refractivity contribution in [2.24, 2.45) is 0 Å². The Kier molecular flexibility index (Phi) is 7.63. The van der Waals surface area contributed by atoms with E-state index in [-0.39, 0.29) is 17.1 Å². The fourth-order valence-corrected chi connectivity index (χ4v) is 2.63. The van der Waals surface area contributed by atoms with Crippen molar-refractivity contribution in [1.29, 1.82) is 0 Å². The Morgan fingerprint density at radius 1 is 1.11 bits per heavy atom. The van der Waals surface area contributed by atoms with Gasteiger partial charge in [0, 0.05) is 6.42 Å². The molecule has 1 amide bonds. The molecule has 28 heavy (non-hydrogen) atoms. The molecular weight excluding hydrogens is 389 g/mol. The van der Waals surface area contributed by atoms with Gasteiger partial charge in [-0.05, 0) is 49.2 Å². The van der Waals surface area contributed by atoms with E-state index in [2.05, 4.69) is 5.32 Å². The van der Waals surface area contributed by atoms with Gasteiger partial charge < -0.3 is 19.5 Å². The van der Waals surface area contributed by atoms with E-state index in [0.29, 0.717) is 17.9 Å². The van der Waals surface area contributed by atoms with E-state index in [1.807, 2.05) is 6.07 Å². The molecule has 0 aliphatic rings. The summed E-state index contributed by atoms with van der Waals surface area (Å²) in [6, 6.07) is 8.93. The molecule has 8 heteroatoms. The van der Waals surface area contributed by atoms with E-state index < -0.39 is 23.8 Å². The number of carbonyl (C=O) groups excluding carboxylic acids is 2. The Balaban J connectivity index is 1.87. The van der Waals surface area contributed by atoms with E-state index in [0.717, 1.165) is 11.6 Å². The third-order valence-corrected chi connectivity index (χ3v) is 4.24. The summed E-state index contributed by atoms with van der Waals surface area (Å²) in [6.07, 6.45) is -0.527. The van der Waals surface area contributed by atoms with Gasteiger partial charge in [0.1, 0.15) is 5.82 Å². The fraction of sp³-hybridized carbons (Fsp3) is 0.300. The lowest BCUT2D eigenvalue weighted by Crippen LogP contribution is -2.30. The Morgan fingerprint density at radius 2 is 1.82 bits per heavy atom. The molecule has 2 rings (SSSR count). The van der Waals surface area contributed by atoms with Crippen molar-refractivity contribution in [3.05, 3.63) is 52.8 Å². The van der Waals surface area contributed by atoms with Gasteiger partial charge in [-0.15, -0.1) is 0 Å². The van der Waals surface area contributed by atoms with Crippen LogP contribution in [0.15, 0.2) is 36.4 Å². The van der Waals surface area contributed by atoms with Crippen molar-refractivity contribution in [3.8, 4) is 11.5 Å². The van der Waals surface area contributed by atoms with E-state index >= 15 is 0 Å². The molecule has 0 bridgehead atoms. The van der Waals surface area contributed by atoms with Crippen LogP contribution in [0.5, 0.6) is 11.5 Å². The summed E-state index contributed by atoms with van der Waals surface area (Å²) in [5.74, 6) is -0.441. The maximum absolute atomic E-state index is 13.0. The van der Waals surface area contributed by atoms with Crippen LogP contribution in [-0.2, 0) is 20.7 Å². The second kappa shape index (κ2) is 9.94. The molecule has 0 saturated heterocycles. The molecule has 1 N–H and O–H groups in total. The van der Waals surface area contributed by atoms with Crippen molar-refractivity contribution in [2.75, 3.05) is 19.5 Å². The number of anilines is 1. The van der Waals surface area contributed by atoms with E-state index in [1.165, 1.54) is 26.2 Å². The Hall–Kier alpha value is -2.80. The zero-order valence-corrected chi connectivity index (χ0v) is 16.5. The van der Waals surface area contributed by atoms with Crippen molar-refractivity contribution >= 4 is 29.2 Å². The summed E-state index contributed by atoms with van der Waals surface area (Å²) < 4.78 is 28.6. The number of nitrogens with one attached hydrogen (secondary N) is 1. The highest BCUT2D eigenvalue weighted by atomic mass is 35.5. The molecule has 0 aliphatic carbocycles. The number of methoxy groups -OCH3 is 2. The van der Waals surface area contributed by atoms with Crippen molar-refractivity contribution in [1.82, 2.24) is 0 Å². The van der Waals surface area contributed by atoms with Gasteiger partial charge in [0.05, 0.1) is 24.9 Å². The van der Waals surface area contributed by atoms with Crippen molar-refractivity contribution in [2.45, 2.75) is 25.9 Å². The molecule has 0 spiro atoms. The smallest absolute Gasteiger partial charge is 0.306 e. The van der Waals surface area contributed by atoms with Crippen LogP contribution < -0.4 is 14.8 Å². The third kappa shape index (κ3) is 5.85. The fourth-order valence-electron chi connectivity index (χ4n) is 2.42. The van der Waals surface area contributed by atoms with Crippen LogP contribution in [0.25, 0.3) is 0 Å². The minimum atomic E-state index is -1.03. The molecule has 2 aromatic carbocycles. The molecule has 0 aliphatic heterocycles. The number of benzene rings is 2. The minimum Gasteiger partial charge on any atom is -0.493 e. The summed E-state index contributed by atoms with van der Waals surface area (Å²) in [4.78, 5) is 24.2. The number of carbonyl (C=O) groups is 2. The number of hydrogen-bond acceptors (Lipinski definition) is 5. The average molecular weight is 410 g/mol. The van der Waals surface area contributed by atoms with Crippen LogP contribution in [0, 0.1) is 5.82 Å². The van der Waals surface area contributed by atoms with Crippen molar-refractivity contribution in [3.63, 3.8) is 0 Å². The number of halogens is 2. The minimum absolute atomic E-state index is 0.0559. The topological polar surface area (TPSA) is 73.9 Å². The predicted molar refractivity (Wildman–Crippen MR) is 103 cm³/mol. The maximum Gasteiger partial charge on any atom is 0.306 e. The summed E-state index contributed by atoms with van der Waals surface area (Å²) >= 11 is 5.87. The van der Waals surface area contributed by atoms with Gasteiger partial charge in [0.2, 0.25) is 0 Å². The first kappa shape index (κ1) is 21.5. The molecule has 0 aromatic heterocycles. The normalized spacial score (nSPS) is 11.5. The zero-order valence-electron chi connectivity index (χ0n) is 15.8. The largest absolute Gasteiger partial charge is 0.493 e. The SMILES string of the molecule is COc1ccc(CCC(=O)O[C@@H](C)C(=O)Nc2ccc(F)cc2Cl)cc1OC. The lowest BCUT2D eigenvalue weighted by atomic mass is 10.1. The van der Waals surface area contributed by atoms with Gasteiger partial charge in [0.25, 0.3) is 5.91 Å². The highest BCUT2D eigenvalue weighted by Gasteiger charge is 2.19. The number of hydrogen-bond donors (Lipinski definition) is 1. The molecular formula is C20H21ClFNO5. The number of ether oxygens (including phenoxy) is 3. The van der Waals surface area contributed by atoms with E-state index in [1.54, 1.807) is 19.2 Å². The van der Waals surface area contributed by atoms with Gasteiger partial charge in [-0.3, -0.25) is 9.59 Å². The lowest BCUT2D eigenvalue weighted by molar-refractivity contribution is -0.153. The summed E-state index contributed by atoms with van der Waals surface area (Å²) in [7, 11) is 3.07. The first-order chi connectivity index (χ1) is 13.3. The molecule has 0 radical (unpaired) electrons. The third-order valence-electron chi connectivity index (χ3n) is 3.93. The Labute approximate surface area is 167 Å². The number of rotatable bonds is 8. The van der Waals surface area contributed by atoms with E-state index in [9.17, 15) is 14.0 Å². The molecule has 0 heterocycles. The molecule has 0 fully saturated rings. The van der Waals surface area contributed by atoms with Crippen LogP contribution in [0.4, 0.5) is 10.1 Å². The van der Waals surface area contributed by atoms with Crippen LogP contribution in [0.1, 0.15) is 18.9 Å². The second-order valence-electron chi connectivity index (χ2n) is 5.93. The van der Waals surface area contributed by atoms with Gasteiger partial charge in [0.15, 0.2) is 17.6 Å². The molecule has 1 atom stereocenters. The van der Waals surface area contributed by atoms with Crippen LogP contribution in [-0.4, -0.2) is 32.2 Å². The zero-order chi connectivity index (χ0) is 20.7. The van der Waals surface area contributed by atoms with Gasteiger partial charge >= 0.3 is 5.97 Å². The predicted octanol–water partition coefficient (Wildman–Crippen LogP) is 4.00. The second-order valence-corrected chi connectivity index (χ2v) is 6.34. The highest BCUT2D eigenvalue weighted by molar-refractivity contribution is 6.33. The average Bonchev–Trinajstić information content (AvgIpc) is 2.68. The number of esters is 1.